The van der Waals surface area contributed by atoms with Crippen LogP contribution in [-0.4, -0.2) is 52.4 Å². The van der Waals surface area contributed by atoms with Crippen LogP contribution in [0, 0.1) is 5.92 Å². The van der Waals surface area contributed by atoms with Crippen LogP contribution in [0.3, 0.4) is 0 Å². The van der Waals surface area contributed by atoms with Gasteiger partial charge in [0.05, 0.1) is 6.54 Å². The number of rotatable bonds is 14. The van der Waals surface area contributed by atoms with E-state index in [0.29, 0.717) is 48.1 Å². The molecule has 7 heteroatoms. The fraction of sp³-hybridized carbons (Fsp3) is 0.417. The van der Waals surface area contributed by atoms with Gasteiger partial charge in [-0.15, -0.1) is 0 Å². The van der Waals surface area contributed by atoms with Crippen molar-refractivity contribution in [2.24, 2.45) is 5.92 Å². The van der Waals surface area contributed by atoms with E-state index in [1.54, 1.807) is 48.5 Å². The zero-order valence-electron chi connectivity index (χ0n) is 25.6. The van der Waals surface area contributed by atoms with Gasteiger partial charge < -0.3 is 20.1 Å². The van der Waals surface area contributed by atoms with E-state index in [1.807, 2.05) is 35.2 Å². The average Bonchev–Trinajstić information content (AvgIpc) is 3.52. The molecule has 228 valence electrons. The van der Waals surface area contributed by atoms with Crippen molar-refractivity contribution in [2.45, 2.75) is 77.3 Å². The first-order chi connectivity index (χ1) is 20.6. The largest absolute Gasteiger partial charge is 0.492 e. The first-order valence-electron chi connectivity index (χ1n) is 15.3. The van der Waals surface area contributed by atoms with Crippen LogP contribution in [0.5, 0.6) is 5.75 Å². The minimum absolute atomic E-state index is 0.171. The van der Waals surface area contributed by atoms with E-state index in [9.17, 15) is 19.5 Å². The lowest BCUT2D eigenvalue weighted by atomic mass is 9.99. The minimum Gasteiger partial charge on any atom is -0.492 e. The highest BCUT2D eigenvalue weighted by Crippen LogP contribution is 2.29. The van der Waals surface area contributed by atoms with Crippen LogP contribution in [0.4, 0.5) is 5.69 Å². The molecule has 1 aliphatic carbocycles. The maximum atomic E-state index is 13.1. The third kappa shape index (κ3) is 9.18. The molecule has 2 N–H and O–H groups in total. The number of carboxylic acids is 1. The number of hydrogen-bond donors (Lipinski definition) is 2. The lowest BCUT2D eigenvalue weighted by Gasteiger charge is -2.36. The molecule has 43 heavy (non-hydrogen) atoms. The molecule has 0 saturated heterocycles. The smallest absolute Gasteiger partial charge is 0.326 e. The highest BCUT2D eigenvalue weighted by atomic mass is 16.5. The van der Waals surface area contributed by atoms with Crippen LogP contribution in [-0.2, 0) is 16.0 Å². The average molecular weight is 585 g/mol. The zero-order chi connectivity index (χ0) is 30.8. The quantitative estimate of drug-likeness (QED) is 0.198. The van der Waals surface area contributed by atoms with Crippen molar-refractivity contribution < 1.29 is 24.2 Å². The number of carboxylic acid groups (broad SMARTS) is 1. The Balaban J connectivity index is 1.33. The number of carbonyl (C=O) groups is 3. The number of ether oxygens (including phenoxy) is 1. The maximum absolute atomic E-state index is 13.1. The Labute approximate surface area is 255 Å². The molecule has 0 bridgehead atoms. The van der Waals surface area contributed by atoms with Crippen LogP contribution in [0.25, 0.3) is 0 Å². The topological polar surface area (TPSA) is 95.9 Å². The van der Waals surface area contributed by atoms with E-state index in [0.717, 1.165) is 12.0 Å². The molecule has 0 radical (unpaired) electrons. The number of carbonyl (C=O) groups excluding carboxylic acids is 2. The van der Waals surface area contributed by atoms with Gasteiger partial charge in [-0.3, -0.25) is 9.59 Å². The number of nitrogens with zero attached hydrogens (tertiary/aromatic N) is 1. The summed E-state index contributed by atoms with van der Waals surface area (Å²) in [7, 11) is 0. The molecule has 1 unspecified atom stereocenters. The Bertz CT molecular complexity index is 1360. The Kier molecular flexibility index (Phi) is 11.0. The summed E-state index contributed by atoms with van der Waals surface area (Å²) in [5, 5.41) is 13.0. The first kappa shape index (κ1) is 31.8. The van der Waals surface area contributed by atoms with E-state index >= 15 is 0 Å². The first-order valence-corrected chi connectivity index (χ1v) is 15.3. The van der Waals surface area contributed by atoms with Crippen LogP contribution < -0.4 is 10.1 Å². The zero-order valence-corrected chi connectivity index (χ0v) is 25.6. The van der Waals surface area contributed by atoms with Crippen LogP contribution >= 0.6 is 0 Å². The molecule has 0 aliphatic heterocycles. The van der Waals surface area contributed by atoms with Gasteiger partial charge in [-0.2, -0.15) is 0 Å². The fourth-order valence-corrected chi connectivity index (χ4v) is 5.75. The van der Waals surface area contributed by atoms with Crippen LogP contribution in [0.1, 0.15) is 80.8 Å². The Hall–Kier alpha value is -4.13. The van der Waals surface area contributed by atoms with Gasteiger partial charge in [0.25, 0.3) is 0 Å². The SMILES string of the molecule is CC(C)(C)N(CCOc1ccc(CC(Nc2ccccc2C(=O)c2ccccc2)C(=O)O)cc1)C(=O)CCC1CCCC1. The summed E-state index contributed by atoms with van der Waals surface area (Å²) in [5.74, 6) is 0.340. The molecule has 0 aromatic heterocycles. The second-order valence-electron chi connectivity index (χ2n) is 12.4. The molecule has 3 aromatic rings. The van der Waals surface area contributed by atoms with Gasteiger partial charge >= 0.3 is 5.97 Å². The molecule has 0 spiro atoms. The lowest BCUT2D eigenvalue weighted by molar-refractivity contribution is -0.138. The molecule has 0 heterocycles. The van der Waals surface area contributed by atoms with Crippen LogP contribution in [0.15, 0.2) is 78.9 Å². The Morgan fingerprint density at radius 3 is 2.23 bits per heavy atom. The van der Waals surface area contributed by atoms with Gasteiger partial charge in [-0.1, -0.05) is 80.3 Å². The number of benzene rings is 3. The molecule has 1 amide bonds. The molecular weight excluding hydrogens is 540 g/mol. The van der Waals surface area contributed by atoms with Crippen LogP contribution in [0.2, 0.25) is 0 Å². The number of amides is 1. The number of anilines is 1. The fourth-order valence-electron chi connectivity index (χ4n) is 5.75. The summed E-state index contributed by atoms with van der Waals surface area (Å²) in [5.41, 5.74) is 1.97. The second kappa shape index (κ2) is 14.9. The molecule has 1 saturated carbocycles. The minimum atomic E-state index is -1.01. The van der Waals surface area contributed by atoms with E-state index < -0.39 is 12.0 Å². The molecule has 3 aromatic carbocycles. The summed E-state index contributed by atoms with van der Waals surface area (Å²) >= 11 is 0. The van der Waals surface area contributed by atoms with Crippen molar-refractivity contribution in [3.05, 3.63) is 95.6 Å². The highest BCUT2D eigenvalue weighted by molar-refractivity contribution is 6.12. The summed E-state index contributed by atoms with van der Waals surface area (Å²) in [6.45, 7) is 7.03. The molecule has 7 nitrogen and oxygen atoms in total. The summed E-state index contributed by atoms with van der Waals surface area (Å²) in [6, 6.07) is 22.3. The number of aliphatic carboxylic acids is 1. The van der Waals surface area contributed by atoms with Gasteiger partial charge in [-0.05, 0) is 62.9 Å². The van der Waals surface area contributed by atoms with Crippen molar-refractivity contribution in [2.75, 3.05) is 18.5 Å². The highest BCUT2D eigenvalue weighted by Gasteiger charge is 2.27. The third-order valence-corrected chi connectivity index (χ3v) is 8.13. The van der Waals surface area contributed by atoms with Crippen molar-refractivity contribution in [1.82, 2.24) is 4.90 Å². The Morgan fingerprint density at radius 2 is 1.58 bits per heavy atom. The van der Waals surface area contributed by atoms with Crippen molar-refractivity contribution in [3.63, 3.8) is 0 Å². The van der Waals surface area contributed by atoms with Crippen molar-refractivity contribution >= 4 is 23.3 Å². The van der Waals surface area contributed by atoms with Gasteiger partial charge in [0.1, 0.15) is 18.4 Å². The van der Waals surface area contributed by atoms with E-state index in [2.05, 4.69) is 26.1 Å². The summed E-state index contributed by atoms with van der Waals surface area (Å²) in [6.07, 6.45) is 6.82. The standard InChI is InChI=1S/C36H44N2O5/c1-36(2,3)38(33(39)22-19-26-11-7-8-12-26)23-24-43-29-20-17-27(18-21-29)25-32(35(41)42)37-31-16-10-9-15-30(31)34(40)28-13-5-4-6-14-28/h4-6,9-10,13-18,20-21,26,32,37H,7-8,11-12,19,22-25H2,1-3H3,(H,41,42). The van der Waals surface area contributed by atoms with Crippen molar-refractivity contribution in [1.29, 1.82) is 0 Å². The normalized spacial score (nSPS) is 14.2. The molecule has 1 atom stereocenters. The Morgan fingerprint density at radius 1 is 0.930 bits per heavy atom. The predicted octanol–water partition coefficient (Wildman–Crippen LogP) is 7.00. The van der Waals surface area contributed by atoms with Gasteiger partial charge in [0, 0.05) is 35.2 Å². The van der Waals surface area contributed by atoms with E-state index in [-0.39, 0.29) is 23.7 Å². The lowest BCUT2D eigenvalue weighted by Crippen LogP contribution is -2.47. The number of hydrogen-bond acceptors (Lipinski definition) is 5. The van der Waals surface area contributed by atoms with Crippen molar-refractivity contribution in [3.8, 4) is 5.75 Å². The number of nitrogens with one attached hydrogen (secondary N) is 1. The van der Waals surface area contributed by atoms with Gasteiger partial charge in [0.15, 0.2) is 5.78 Å². The molecule has 4 rings (SSSR count). The van der Waals surface area contributed by atoms with E-state index in [1.165, 1.54) is 25.7 Å². The molecule has 1 fully saturated rings. The predicted molar refractivity (Wildman–Crippen MR) is 170 cm³/mol. The third-order valence-electron chi connectivity index (χ3n) is 8.13. The monoisotopic (exact) mass is 584 g/mol. The second-order valence-corrected chi connectivity index (χ2v) is 12.4. The van der Waals surface area contributed by atoms with Gasteiger partial charge in [0.2, 0.25) is 5.91 Å². The summed E-state index contributed by atoms with van der Waals surface area (Å²) in [4.78, 5) is 40.3. The van der Waals surface area contributed by atoms with Gasteiger partial charge in [-0.25, -0.2) is 4.79 Å². The van der Waals surface area contributed by atoms with E-state index in [4.69, 9.17) is 4.74 Å². The molecular formula is C36H44N2O5. The molecule has 1 aliphatic rings. The number of para-hydroxylation sites is 1. The maximum Gasteiger partial charge on any atom is 0.326 e. The number of ketones is 1. The summed E-state index contributed by atoms with van der Waals surface area (Å²) < 4.78 is 5.98.